The molecule has 2 aliphatic rings. The zero-order valence-electron chi connectivity index (χ0n) is 9.74. The van der Waals surface area contributed by atoms with Crippen molar-refractivity contribution in [3.8, 4) is 0 Å². The van der Waals surface area contributed by atoms with Gasteiger partial charge in [0.15, 0.2) is 0 Å². The first-order chi connectivity index (χ1) is 7.20. The van der Waals surface area contributed by atoms with E-state index in [-0.39, 0.29) is 11.8 Å². The topological polar surface area (TPSA) is 43.1 Å². The van der Waals surface area contributed by atoms with Gasteiger partial charge < -0.3 is 5.73 Å². The molecular weight excluding hydrogens is 186 g/mol. The van der Waals surface area contributed by atoms with Crippen molar-refractivity contribution in [2.45, 2.75) is 51.9 Å². The molecule has 86 valence electrons. The maximum atomic E-state index is 11.3. The first kappa shape index (κ1) is 11.0. The van der Waals surface area contributed by atoms with Gasteiger partial charge in [-0.2, -0.15) is 0 Å². The third kappa shape index (κ3) is 2.19. The second-order valence-corrected chi connectivity index (χ2v) is 5.49. The minimum Gasteiger partial charge on any atom is -0.369 e. The van der Waals surface area contributed by atoms with Crippen LogP contribution in [0.2, 0.25) is 0 Å². The molecule has 0 saturated heterocycles. The zero-order chi connectivity index (χ0) is 10.8. The van der Waals surface area contributed by atoms with Crippen LogP contribution in [0.3, 0.4) is 0 Å². The predicted molar refractivity (Wildman–Crippen MR) is 61.1 cm³/mol. The highest BCUT2D eigenvalue weighted by atomic mass is 16.1. The summed E-state index contributed by atoms with van der Waals surface area (Å²) in [5, 5.41) is 0. The van der Waals surface area contributed by atoms with Crippen LogP contribution in [0.15, 0.2) is 0 Å². The van der Waals surface area contributed by atoms with Crippen LogP contribution in [0, 0.1) is 23.7 Å². The Bertz CT molecular complexity index is 237. The van der Waals surface area contributed by atoms with Crippen molar-refractivity contribution in [1.29, 1.82) is 0 Å². The molecule has 0 spiro atoms. The first-order valence-electron chi connectivity index (χ1n) is 6.49. The van der Waals surface area contributed by atoms with Gasteiger partial charge in [0.1, 0.15) is 0 Å². The largest absolute Gasteiger partial charge is 0.369 e. The normalized spacial score (nSPS) is 38.1. The Labute approximate surface area is 92.6 Å². The van der Waals surface area contributed by atoms with Crippen molar-refractivity contribution in [3.05, 3.63) is 0 Å². The van der Waals surface area contributed by atoms with Crippen molar-refractivity contribution in [2.24, 2.45) is 29.4 Å². The van der Waals surface area contributed by atoms with Crippen molar-refractivity contribution in [1.82, 2.24) is 0 Å². The molecule has 2 N–H and O–H groups in total. The lowest BCUT2D eigenvalue weighted by atomic mass is 9.62. The number of amides is 1. The lowest BCUT2D eigenvalue weighted by Crippen LogP contribution is -2.39. The standard InChI is InChI=1S/C13H23NO/c1-9(13(14)15)11-8-4-6-10-5-2-3-7-12(10)11/h9-12H,2-8H2,1H3,(H2,14,15). The van der Waals surface area contributed by atoms with Gasteiger partial charge in [-0.3, -0.25) is 4.79 Å². The maximum Gasteiger partial charge on any atom is 0.220 e. The SMILES string of the molecule is CC(C(N)=O)C1CCCC2CCCCC21. The van der Waals surface area contributed by atoms with Crippen molar-refractivity contribution in [3.63, 3.8) is 0 Å². The Balaban J connectivity index is 2.06. The van der Waals surface area contributed by atoms with Crippen molar-refractivity contribution in [2.75, 3.05) is 0 Å². The fourth-order valence-corrected chi connectivity index (χ4v) is 3.82. The van der Waals surface area contributed by atoms with Crippen LogP contribution in [-0.2, 0) is 4.79 Å². The minimum absolute atomic E-state index is 0.0915. The molecule has 15 heavy (non-hydrogen) atoms. The van der Waals surface area contributed by atoms with Gasteiger partial charge in [-0.05, 0) is 30.6 Å². The van der Waals surface area contributed by atoms with E-state index >= 15 is 0 Å². The van der Waals surface area contributed by atoms with E-state index in [2.05, 4.69) is 0 Å². The zero-order valence-corrected chi connectivity index (χ0v) is 9.74. The van der Waals surface area contributed by atoms with E-state index in [0.29, 0.717) is 5.92 Å². The van der Waals surface area contributed by atoms with E-state index in [9.17, 15) is 4.79 Å². The van der Waals surface area contributed by atoms with Crippen LogP contribution in [0.4, 0.5) is 0 Å². The molecule has 1 amide bonds. The van der Waals surface area contributed by atoms with Gasteiger partial charge in [0.05, 0.1) is 0 Å². The van der Waals surface area contributed by atoms with Gasteiger partial charge in [-0.25, -0.2) is 0 Å². The summed E-state index contributed by atoms with van der Waals surface area (Å²) in [6.07, 6.45) is 9.43. The lowest BCUT2D eigenvalue weighted by Gasteiger charge is -2.43. The number of primary amides is 1. The highest BCUT2D eigenvalue weighted by molar-refractivity contribution is 5.76. The summed E-state index contributed by atoms with van der Waals surface area (Å²) in [4.78, 5) is 11.3. The molecule has 0 radical (unpaired) electrons. The molecule has 0 aromatic heterocycles. The third-order valence-electron chi connectivity index (χ3n) is 4.72. The fourth-order valence-electron chi connectivity index (χ4n) is 3.82. The number of carbonyl (C=O) groups excluding carboxylic acids is 1. The Hall–Kier alpha value is -0.530. The van der Waals surface area contributed by atoms with Crippen LogP contribution < -0.4 is 5.73 Å². The molecule has 4 atom stereocenters. The third-order valence-corrected chi connectivity index (χ3v) is 4.72. The molecule has 0 bridgehead atoms. The Morgan fingerprint density at radius 2 is 1.80 bits per heavy atom. The molecule has 2 fully saturated rings. The average Bonchev–Trinajstić information content (AvgIpc) is 2.27. The molecule has 0 aromatic rings. The van der Waals surface area contributed by atoms with Crippen LogP contribution >= 0.6 is 0 Å². The van der Waals surface area contributed by atoms with Gasteiger partial charge in [0.25, 0.3) is 0 Å². The van der Waals surface area contributed by atoms with Gasteiger partial charge in [0, 0.05) is 5.92 Å². The number of carbonyl (C=O) groups is 1. The van der Waals surface area contributed by atoms with Crippen LogP contribution in [0.1, 0.15) is 51.9 Å². The molecule has 4 unspecified atom stereocenters. The summed E-state index contributed by atoms with van der Waals surface area (Å²) < 4.78 is 0. The number of hydrogen-bond acceptors (Lipinski definition) is 1. The molecular formula is C13H23NO. The number of fused-ring (bicyclic) bond motifs is 1. The summed E-state index contributed by atoms with van der Waals surface area (Å²) in [5.41, 5.74) is 5.45. The Morgan fingerprint density at radius 1 is 1.13 bits per heavy atom. The Kier molecular flexibility index (Phi) is 3.32. The van der Waals surface area contributed by atoms with E-state index in [4.69, 9.17) is 5.73 Å². The second kappa shape index (κ2) is 4.54. The minimum atomic E-state index is -0.0915. The summed E-state index contributed by atoms with van der Waals surface area (Å²) in [7, 11) is 0. The molecule has 0 aromatic carbocycles. The molecule has 0 heterocycles. The van der Waals surface area contributed by atoms with Gasteiger partial charge in [-0.1, -0.05) is 39.0 Å². The lowest BCUT2D eigenvalue weighted by molar-refractivity contribution is -0.124. The van der Waals surface area contributed by atoms with Gasteiger partial charge in [0.2, 0.25) is 5.91 Å². The summed E-state index contributed by atoms with van der Waals surface area (Å²) in [6.45, 7) is 2.03. The second-order valence-electron chi connectivity index (χ2n) is 5.49. The number of hydrogen-bond donors (Lipinski definition) is 1. The molecule has 2 nitrogen and oxygen atoms in total. The van der Waals surface area contributed by atoms with Crippen LogP contribution in [0.25, 0.3) is 0 Å². The van der Waals surface area contributed by atoms with E-state index in [1.54, 1.807) is 0 Å². The van der Waals surface area contributed by atoms with E-state index in [0.717, 1.165) is 11.8 Å². The predicted octanol–water partition coefficient (Wildman–Crippen LogP) is 2.71. The summed E-state index contributed by atoms with van der Waals surface area (Å²) in [6, 6.07) is 0. The average molecular weight is 209 g/mol. The smallest absolute Gasteiger partial charge is 0.220 e. The van der Waals surface area contributed by atoms with E-state index < -0.39 is 0 Å². The van der Waals surface area contributed by atoms with Gasteiger partial charge in [-0.15, -0.1) is 0 Å². The molecule has 0 aliphatic heterocycles. The number of nitrogens with two attached hydrogens (primary N) is 1. The quantitative estimate of drug-likeness (QED) is 0.746. The monoisotopic (exact) mass is 209 g/mol. The van der Waals surface area contributed by atoms with E-state index in [1.807, 2.05) is 6.92 Å². The maximum absolute atomic E-state index is 11.3. The molecule has 2 rings (SSSR count). The number of rotatable bonds is 2. The van der Waals surface area contributed by atoms with Crippen molar-refractivity contribution < 1.29 is 4.79 Å². The van der Waals surface area contributed by atoms with Crippen LogP contribution in [-0.4, -0.2) is 5.91 Å². The highest BCUT2D eigenvalue weighted by Gasteiger charge is 2.38. The molecule has 2 saturated carbocycles. The van der Waals surface area contributed by atoms with E-state index in [1.165, 1.54) is 44.9 Å². The van der Waals surface area contributed by atoms with Crippen LogP contribution in [0.5, 0.6) is 0 Å². The molecule has 2 aliphatic carbocycles. The first-order valence-corrected chi connectivity index (χ1v) is 6.49. The highest BCUT2D eigenvalue weighted by Crippen LogP contribution is 2.46. The van der Waals surface area contributed by atoms with Crippen molar-refractivity contribution >= 4 is 5.91 Å². The fraction of sp³-hybridized carbons (Fsp3) is 0.923. The van der Waals surface area contributed by atoms with Gasteiger partial charge >= 0.3 is 0 Å². The Morgan fingerprint density at radius 3 is 2.53 bits per heavy atom. The molecule has 2 heteroatoms. The summed E-state index contributed by atoms with van der Waals surface area (Å²) >= 11 is 0. The summed E-state index contributed by atoms with van der Waals surface area (Å²) in [5.74, 6) is 2.29.